The smallest absolute Gasteiger partial charge is 0.267 e. The average molecular weight is 169 g/mol. The average Bonchev–Trinajstić information content (AvgIpc) is 2.36. The number of nitriles is 1. The Bertz CT molecular complexity index is 321. The lowest BCUT2D eigenvalue weighted by Gasteiger charge is -1.97. The number of aromatic nitrogens is 2. The fourth-order valence-electron chi connectivity index (χ4n) is 0.755. The quantitative estimate of drug-likeness (QED) is 0.713. The second-order valence-electron chi connectivity index (χ2n) is 2.26. The topological polar surface area (TPSA) is 69.5 Å². The van der Waals surface area contributed by atoms with Crippen LogP contribution in [-0.4, -0.2) is 8.75 Å². The molecule has 1 heterocycles. The molecule has 0 bridgehead atoms. The molecule has 0 radical (unpaired) electrons. The molecule has 0 saturated carbocycles. The van der Waals surface area contributed by atoms with Gasteiger partial charge < -0.3 is 0 Å². The summed E-state index contributed by atoms with van der Waals surface area (Å²) in [6.07, 6.45) is 0.340. The molecule has 5 heteroatoms. The third kappa shape index (κ3) is 1.65. The maximum atomic E-state index is 10.9. The van der Waals surface area contributed by atoms with Crippen molar-refractivity contribution in [1.82, 2.24) is 8.75 Å². The first-order valence-corrected chi connectivity index (χ1v) is 3.94. The van der Waals surface area contributed by atoms with Gasteiger partial charge in [-0.15, -0.1) is 0 Å². The maximum absolute atomic E-state index is 10.9. The van der Waals surface area contributed by atoms with Crippen LogP contribution in [0.25, 0.3) is 0 Å². The number of hydrogen-bond acceptors (Lipinski definition) is 4. The summed E-state index contributed by atoms with van der Waals surface area (Å²) in [6.45, 7) is 1.81. The van der Waals surface area contributed by atoms with Gasteiger partial charge in [0, 0.05) is 24.1 Å². The molecule has 1 N–H and O–H groups in total. The van der Waals surface area contributed by atoms with Gasteiger partial charge in [-0.1, -0.05) is 6.92 Å². The van der Waals surface area contributed by atoms with Crippen LogP contribution in [-0.2, 0) is 0 Å². The highest BCUT2D eigenvalue weighted by Gasteiger charge is 2.11. The summed E-state index contributed by atoms with van der Waals surface area (Å²) in [7, 11) is 0. The minimum Gasteiger partial charge on any atom is -0.267 e. The van der Waals surface area contributed by atoms with Crippen molar-refractivity contribution in [3.63, 3.8) is 0 Å². The fraction of sp³-hybridized carbons (Fsp3) is 0.500. The monoisotopic (exact) mass is 169 g/mol. The van der Waals surface area contributed by atoms with Crippen molar-refractivity contribution in [3.8, 4) is 6.07 Å². The van der Waals surface area contributed by atoms with E-state index < -0.39 is 0 Å². The van der Waals surface area contributed by atoms with Crippen LogP contribution in [0.15, 0.2) is 4.79 Å². The Morgan fingerprint density at radius 1 is 1.91 bits per heavy atom. The highest BCUT2D eigenvalue weighted by Crippen LogP contribution is 2.11. The van der Waals surface area contributed by atoms with Gasteiger partial charge in [0.05, 0.1) is 6.07 Å². The standard InChI is InChI=1S/C6H7N3OS/c1-4(2-3-7)5-6(10)9-11-8-5/h4H,2H2,1H3,(H,9,10). The number of rotatable bonds is 2. The Morgan fingerprint density at radius 3 is 3.09 bits per heavy atom. The second kappa shape index (κ2) is 3.30. The molecule has 0 aliphatic heterocycles. The summed E-state index contributed by atoms with van der Waals surface area (Å²) < 4.78 is 6.33. The molecule has 1 rings (SSSR count). The summed E-state index contributed by atoms with van der Waals surface area (Å²) in [4.78, 5) is 10.9. The molecule has 4 nitrogen and oxygen atoms in total. The van der Waals surface area contributed by atoms with Gasteiger partial charge in [0.2, 0.25) is 0 Å². The zero-order valence-electron chi connectivity index (χ0n) is 6.00. The highest BCUT2D eigenvalue weighted by atomic mass is 32.1. The van der Waals surface area contributed by atoms with Crippen LogP contribution < -0.4 is 5.56 Å². The van der Waals surface area contributed by atoms with E-state index in [1.54, 1.807) is 0 Å². The summed E-state index contributed by atoms with van der Waals surface area (Å²) in [5.41, 5.74) is 0.300. The first-order valence-electron chi connectivity index (χ1n) is 3.17. The molecule has 1 unspecified atom stereocenters. The van der Waals surface area contributed by atoms with Crippen LogP contribution in [0.2, 0.25) is 0 Å². The van der Waals surface area contributed by atoms with Crippen LogP contribution in [0, 0.1) is 11.3 Å². The van der Waals surface area contributed by atoms with Gasteiger partial charge in [-0.3, -0.25) is 9.17 Å². The summed E-state index contributed by atoms with van der Waals surface area (Å²) in [5.74, 6) is -0.0602. The van der Waals surface area contributed by atoms with Crippen molar-refractivity contribution in [2.45, 2.75) is 19.3 Å². The fourth-order valence-corrected chi connectivity index (χ4v) is 1.35. The van der Waals surface area contributed by atoms with E-state index >= 15 is 0 Å². The van der Waals surface area contributed by atoms with E-state index in [1.165, 1.54) is 0 Å². The minimum absolute atomic E-state index is 0.0602. The summed E-state index contributed by atoms with van der Waals surface area (Å²) >= 11 is 1.02. The van der Waals surface area contributed by atoms with E-state index in [9.17, 15) is 4.79 Å². The maximum Gasteiger partial charge on any atom is 0.281 e. The van der Waals surface area contributed by atoms with E-state index in [-0.39, 0.29) is 11.5 Å². The molecule has 0 aliphatic rings. The van der Waals surface area contributed by atoms with E-state index in [0.29, 0.717) is 12.1 Å². The van der Waals surface area contributed by atoms with Crippen LogP contribution in [0.1, 0.15) is 25.0 Å². The molecule has 0 aliphatic carbocycles. The van der Waals surface area contributed by atoms with Crippen molar-refractivity contribution >= 4 is 11.7 Å². The molecule has 1 atom stereocenters. The molecule has 0 amide bonds. The second-order valence-corrected chi connectivity index (χ2v) is 2.83. The zero-order chi connectivity index (χ0) is 8.27. The predicted molar refractivity (Wildman–Crippen MR) is 41.4 cm³/mol. The van der Waals surface area contributed by atoms with Gasteiger partial charge in [-0.25, -0.2) is 0 Å². The van der Waals surface area contributed by atoms with Gasteiger partial charge in [-0.05, 0) is 0 Å². The van der Waals surface area contributed by atoms with Gasteiger partial charge in [0.15, 0.2) is 0 Å². The Kier molecular flexibility index (Phi) is 2.39. The zero-order valence-corrected chi connectivity index (χ0v) is 6.81. The van der Waals surface area contributed by atoms with E-state index in [1.807, 2.05) is 13.0 Å². The van der Waals surface area contributed by atoms with Crippen LogP contribution in [0.4, 0.5) is 0 Å². The van der Waals surface area contributed by atoms with E-state index in [4.69, 9.17) is 5.26 Å². The Hall–Kier alpha value is -1.15. The van der Waals surface area contributed by atoms with E-state index in [2.05, 4.69) is 8.75 Å². The number of H-pyrrole nitrogens is 1. The lowest BCUT2D eigenvalue weighted by Crippen LogP contribution is -2.09. The molecular formula is C6H7N3OS. The van der Waals surface area contributed by atoms with Crippen LogP contribution in [0.5, 0.6) is 0 Å². The van der Waals surface area contributed by atoms with Gasteiger partial charge in [0.25, 0.3) is 5.56 Å². The van der Waals surface area contributed by atoms with Gasteiger partial charge >= 0.3 is 0 Å². The lowest BCUT2D eigenvalue weighted by molar-refractivity contribution is 0.759. The van der Waals surface area contributed by atoms with Crippen molar-refractivity contribution in [2.75, 3.05) is 0 Å². The number of aromatic amines is 1. The first-order chi connectivity index (χ1) is 5.25. The Labute approximate surface area is 67.8 Å². The minimum atomic E-state index is -0.169. The predicted octanol–water partition coefficient (Wildman–Crippen LogP) is 0.849. The van der Waals surface area contributed by atoms with Crippen molar-refractivity contribution in [3.05, 3.63) is 16.0 Å². The Morgan fingerprint density at radius 2 is 2.64 bits per heavy atom. The van der Waals surface area contributed by atoms with Crippen LogP contribution >= 0.6 is 11.7 Å². The van der Waals surface area contributed by atoms with Gasteiger partial charge in [-0.2, -0.15) is 9.64 Å². The molecule has 1 aromatic rings. The molecule has 1 aromatic heterocycles. The number of nitrogens with one attached hydrogen (secondary N) is 1. The third-order valence-electron chi connectivity index (χ3n) is 1.38. The number of nitrogens with zero attached hydrogens (tertiary/aromatic N) is 2. The summed E-state index contributed by atoms with van der Waals surface area (Å²) in [6, 6.07) is 1.99. The third-order valence-corrected chi connectivity index (χ3v) is 1.94. The summed E-state index contributed by atoms with van der Waals surface area (Å²) in [5, 5.41) is 8.34. The molecule has 11 heavy (non-hydrogen) atoms. The molecule has 58 valence electrons. The molecule has 0 aromatic carbocycles. The van der Waals surface area contributed by atoms with Crippen molar-refractivity contribution in [1.29, 1.82) is 5.26 Å². The lowest BCUT2D eigenvalue weighted by atomic mass is 10.1. The van der Waals surface area contributed by atoms with E-state index in [0.717, 1.165) is 11.7 Å². The molecule has 0 saturated heterocycles. The largest absolute Gasteiger partial charge is 0.281 e. The highest BCUT2D eigenvalue weighted by molar-refractivity contribution is 6.99. The van der Waals surface area contributed by atoms with Crippen molar-refractivity contribution in [2.24, 2.45) is 0 Å². The first kappa shape index (κ1) is 7.95. The van der Waals surface area contributed by atoms with Gasteiger partial charge in [0.1, 0.15) is 5.69 Å². The molecule has 0 spiro atoms. The molecule has 0 fully saturated rings. The van der Waals surface area contributed by atoms with Crippen molar-refractivity contribution < 1.29 is 0 Å². The SMILES string of the molecule is CC(CC#N)c1ns[nH]c1=O. The molecular weight excluding hydrogens is 162 g/mol. The normalized spacial score (nSPS) is 12.4. The van der Waals surface area contributed by atoms with Crippen LogP contribution in [0.3, 0.4) is 0 Å². The number of hydrogen-bond donors (Lipinski definition) is 1. The Balaban J connectivity index is 2.86.